The molecule has 10 heteroatoms. The molecule has 3 rings (SSSR count). The first-order valence-corrected chi connectivity index (χ1v) is 11.2. The van der Waals surface area contributed by atoms with E-state index in [1.807, 2.05) is 30.5 Å². The van der Waals surface area contributed by atoms with Crippen molar-refractivity contribution in [2.45, 2.75) is 24.3 Å². The Morgan fingerprint density at radius 3 is 2.62 bits per heavy atom. The highest BCUT2D eigenvalue weighted by Crippen LogP contribution is 2.39. The van der Waals surface area contributed by atoms with Gasteiger partial charge in [0.1, 0.15) is 17.7 Å². The standard InChI is InChI=1S/C22H23ClN4O4S/c1-4-12-31-19-11-6-16(13-20(19)30-5-2)21(14-26(28)29)32-22-25-24-15(3)27(22)18-9-7-17(23)8-10-18/h4,6-11,13,21H,1,5,12,14H2,2-3H3/t21-/m0/s1. The lowest BCUT2D eigenvalue weighted by atomic mass is 10.1. The van der Waals surface area contributed by atoms with E-state index in [2.05, 4.69) is 16.8 Å². The number of hydrogen-bond donors (Lipinski definition) is 0. The minimum atomic E-state index is -0.521. The minimum Gasteiger partial charge on any atom is -0.490 e. The van der Waals surface area contributed by atoms with Crippen molar-refractivity contribution in [2.24, 2.45) is 0 Å². The summed E-state index contributed by atoms with van der Waals surface area (Å²) >= 11 is 7.28. The van der Waals surface area contributed by atoms with Crippen LogP contribution in [0.1, 0.15) is 23.6 Å². The van der Waals surface area contributed by atoms with Crippen LogP contribution in [0.2, 0.25) is 5.02 Å². The Morgan fingerprint density at radius 2 is 1.97 bits per heavy atom. The normalized spacial score (nSPS) is 11.7. The van der Waals surface area contributed by atoms with Crippen molar-refractivity contribution in [1.29, 1.82) is 0 Å². The summed E-state index contributed by atoms with van der Waals surface area (Å²) in [4.78, 5) is 11.1. The van der Waals surface area contributed by atoms with Crippen molar-refractivity contribution in [1.82, 2.24) is 14.8 Å². The number of ether oxygens (including phenoxy) is 2. The second kappa shape index (κ2) is 11.0. The number of nitrogens with zero attached hydrogens (tertiary/aromatic N) is 4. The molecule has 0 saturated heterocycles. The monoisotopic (exact) mass is 474 g/mol. The number of rotatable bonds is 11. The Bertz CT molecular complexity index is 1090. The quantitative estimate of drug-likeness (QED) is 0.161. The van der Waals surface area contributed by atoms with E-state index in [4.69, 9.17) is 21.1 Å². The Kier molecular flexibility index (Phi) is 8.13. The molecule has 0 aliphatic heterocycles. The summed E-state index contributed by atoms with van der Waals surface area (Å²) in [5.74, 6) is 1.74. The van der Waals surface area contributed by atoms with Gasteiger partial charge >= 0.3 is 0 Å². The number of halogens is 1. The third-order valence-electron chi connectivity index (χ3n) is 4.44. The zero-order valence-electron chi connectivity index (χ0n) is 17.7. The molecule has 0 aliphatic rings. The highest BCUT2D eigenvalue weighted by atomic mass is 35.5. The molecule has 0 radical (unpaired) electrons. The van der Waals surface area contributed by atoms with Crippen molar-refractivity contribution in [2.75, 3.05) is 19.8 Å². The van der Waals surface area contributed by atoms with Crippen LogP contribution >= 0.6 is 23.4 Å². The van der Waals surface area contributed by atoms with Crippen LogP contribution in [0, 0.1) is 17.0 Å². The van der Waals surface area contributed by atoms with Crippen molar-refractivity contribution >= 4 is 23.4 Å². The topological polar surface area (TPSA) is 92.3 Å². The van der Waals surface area contributed by atoms with E-state index in [0.717, 1.165) is 11.3 Å². The van der Waals surface area contributed by atoms with Crippen molar-refractivity contribution in [3.05, 3.63) is 81.6 Å². The molecule has 0 N–H and O–H groups in total. The number of aryl methyl sites for hydroxylation is 1. The number of nitro groups is 1. The summed E-state index contributed by atoms with van der Waals surface area (Å²) < 4.78 is 13.2. The predicted octanol–water partition coefficient (Wildman–Crippen LogP) is 5.30. The summed E-state index contributed by atoms with van der Waals surface area (Å²) in [6, 6.07) is 12.6. The maximum absolute atomic E-state index is 11.5. The number of thioether (sulfide) groups is 1. The third kappa shape index (κ3) is 5.80. The Labute approximate surface area is 195 Å². The fourth-order valence-electron chi connectivity index (χ4n) is 3.04. The summed E-state index contributed by atoms with van der Waals surface area (Å²) in [5, 5.41) is 20.5. The van der Waals surface area contributed by atoms with Crippen LogP contribution in [0.4, 0.5) is 0 Å². The van der Waals surface area contributed by atoms with Gasteiger partial charge in [-0.2, -0.15) is 0 Å². The molecule has 0 bridgehead atoms. The molecule has 0 spiro atoms. The summed E-state index contributed by atoms with van der Waals surface area (Å²) in [6.45, 7) is 7.81. The smallest absolute Gasteiger partial charge is 0.220 e. The van der Waals surface area contributed by atoms with Gasteiger partial charge in [0.05, 0.1) is 6.61 Å². The molecule has 0 unspecified atom stereocenters. The number of hydrogen-bond acceptors (Lipinski definition) is 7. The van der Waals surface area contributed by atoms with Crippen LogP contribution in [0.3, 0.4) is 0 Å². The molecule has 1 atom stereocenters. The van der Waals surface area contributed by atoms with E-state index in [1.165, 1.54) is 11.8 Å². The first-order chi connectivity index (χ1) is 15.4. The van der Waals surface area contributed by atoms with Gasteiger partial charge in [-0.25, -0.2) is 0 Å². The fraction of sp³-hybridized carbons (Fsp3) is 0.273. The van der Waals surface area contributed by atoms with Gasteiger partial charge in [-0.3, -0.25) is 14.7 Å². The molecule has 0 saturated carbocycles. The average molecular weight is 475 g/mol. The maximum Gasteiger partial charge on any atom is 0.220 e. The molecule has 0 aliphatic carbocycles. The second-order valence-corrected chi connectivity index (χ2v) is 8.31. The van der Waals surface area contributed by atoms with Crippen molar-refractivity contribution < 1.29 is 14.4 Å². The first-order valence-electron chi connectivity index (χ1n) is 9.89. The molecule has 3 aromatic rings. The van der Waals surface area contributed by atoms with Gasteiger partial charge in [-0.15, -0.1) is 10.2 Å². The van der Waals surface area contributed by atoms with Gasteiger partial charge in [0.15, 0.2) is 16.7 Å². The molecular weight excluding hydrogens is 452 g/mol. The average Bonchev–Trinajstić information content (AvgIpc) is 3.13. The van der Waals surface area contributed by atoms with E-state index in [0.29, 0.717) is 40.7 Å². The lowest BCUT2D eigenvalue weighted by Crippen LogP contribution is -2.11. The molecule has 1 heterocycles. The minimum absolute atomic E-state index is 0.296. The van der Waals surface area contributed by atoms with Gasteiger partial charge in [0.2, 0.25) is 6.54 Å². The van der Waals surface area contributed by atoms with Gasteiger partial charge in [-0.1, -0.05) is 42.1 Å². The molecule has 2 aromatic carbocycles. The molecule has 0 amide bonds. The Hall–Kier alpha value is -3.04. The SMILES string of the molecule is C=CCOc1ccc([C@H](C[N+](=O)[O-])Sc2nnc(C)n2-c2ccc(Cl)cc2)cc1OCC. The van der Waals surface area contributed by atoms with Crippen LogP contribution in [0.25, 0.3) is 5.69 Å². The Morgan fingerprint density at radius 1 is 1.22 bits per heavy atom. The predicted molar refractivity (Wildman–Crippen MR) is 125 cm³/mol. The van der Waals surface area contributed by atoms with Crippen molar-refractivity contribution in [3.8, 4) is 17.2 Å². The summed E-state index contributed by atoms with van der Waals surface area (Å²) in [5.41, 5.74) is 1.55. The lowest BCUT2D eigenvalue weighted by Gasteiger charge is -2.17. The molecular formula is C22H23ClN4O4S. The van der Waals surface area contributed by atoms with Gasteiger partial charge in [0, 0.05) is 15.6 Å². The lowest BCUT2D eigenvalue weighted by molar-refractivity contribution is -0.479. The summed E-state index contributed by atoms with van der Waals surface area (Å²) in [6.07, 6.45) is 1.64. The molecule has 0 fully saturated rings. The van der Waals surface area contributed by atoms with Crippen LogP contribution in [-0.2, 0) is 0 Å². The maximum atomic E-state index is 11.5. The molecule has 168 valence electrons. The number of benzene rings is 2. The highest BCUT2D eigenvalue weighted by Gasteiger charge is 2.25. The van der Waals surface area contributed by atoms with Crippen LogP contribution in [0.5, 0.6) is 11.5 Å². The van der Waals surface area contributed by atoms with E-state index in [1.54, 1.807) is 36.4 Å². The van der Waals surface area contributed by atoms with Crippen LogP contribution in [0.15, 0.2) is 60.3 Å². The van der Waals surface area contributed by atoms with E-state index in [-0.39, 0.29) is 11.5 Å². The van der Waals surface area contributed by atoms with E-state index in [9.17, 15) is 10.1 Å². The number of aromatic nitrogens is 3. The first kappa shape index (κ1) is 23.6. The van der Waals surface area contributed by atoms with Crippen LogP contribution in [-0.4, -0.2) is 39.4 Å². The zero-order valence-corrected chi connectivity index (χ0v) is 19.3. The summed E-state index contributed by atoms with van der Waals surface area (Å²) in [7, 11) is 0. The third-order valence-corrected chi connectivity index (χ3v) is 5.87. The van der Waals surface area contributed by atoms with Crippen molar-refractivity contribution in [3.63, 3.8) is 0 Å². The largest absolute Gasteiger partial charge is 0.490 e. The van der Waals surface area contributed by atoms with E-state index < -0.39 is 5.25 Å². The molecule has 8 nitrogen and oxygen atoms in total. The Balaban J connectivity index is 1.97. The van der Waals surface area contributed by atoms with Gasteiger partial charge < -0.3 is 9.47 Å². The van der Waals surface area contributed by atoms with Crippen LogP contribution < -0.4 is 9.47 Å². The van der Waals surface area contributed by atoms with E-state index >= 15 is 0 Å². The fourth-order valence-corrected chi connectivity index (χ4v) is 4.33. The highest BCUT2D eigenvalue weighted by molar-refractivity contribution is 7.99. The molecule has 32 heavy (non-hydrogen) atoms. The van der Waals surface area contributed by atoms with Gasteiger partial charge in [-0.05, 0) is 55.8 Å². The molecule has 1 aromatic heterocycles. The zero-order chi connectivity index (χ0) is 23.1. The second-order valence-electron chi connectivity index (χ2n) is 6.70. The van der Waals surface area contributed by atoms with Gasteiger partial charge in [0.25, 0.3) is 0 Å².